The van der Waals surface area contributed by atoms with Gasteiger partial charge in [-0.3, -0.25) is 4.79 Å². The molecule has 0 saturated carbocycles. The summed E-state index contributed by atoms with van der Waals surface area (Å²) in [4.78, 5) is 12.5. The molecule has 0 bridgehead atoms. The smallest absolute Gasteiger partial charge is 0.179 e. The Morgan fingerprint density at radius 3 is 2.55 bits per heavy atom. The number of nitrogens with one attached hydrogen (secondary N) is 1. The predicted molar refractivity (Wildman–Crippen MR) is 80.1 cm³/mol. The van der Waals surface area contributed by atoms with Gasteiger partial charge in [-0.15, -0.1) is 0 Å². The van der Waals surface area contributed by atoms with Crippen LogP contribution in [0, 0.1) is 0 Å². The van der Waals surface area contributed by atoms with E-state index in [4.69, 9.17) is 10.5 Å². The zero-order chi connectivity index (χ0) is 15.1. The highest BCUT2D eigenvalue weighted by Crippen LogP contribution is 2.23. The van der Waals surface area contributed by atoms with Crippen LogP contribution < -0.4 is 15.8 Å². The van der Waals surface area contributed by atoms with E-state index in [2.05, 4.69) is 5.32 Å². The fourth-order valence-corrected chi connectivity index (χ4v) is 2.05. The van der Waals surface area contributed by atoms with Crippen molar-refractivity contribution in [1.29, 1.82) is 0 Å². The van der Waals surface area contributed by atoms with E-state index in [1.165, 1.54) is 7.11 Å². The number of anilines is 1. The van der Waals surface area contributed by atoms with E-state index in [1.807, 2.05) is 13.8 Å². The standard InChI is InChI=1S/C15H24N2O3/c1-4-11(9-18)17-13(5-2)15(19)10-6-7-14(20-3)12(16)8-10/h6-8,11,13,17-18H,4-5,9,16H2,1-3H3. The van der Waals surface area contributed by atoms with E-state index in [-0.39, 0.29) is 24.5 Å². The molecule has 1 aromatic rings. The average Bonchev–Trinajstić information content (AvgIpc) is 2.48. The number of nitrogens with two attached hydrogens (primary N) is 1. The molecule has 0 radical (unpaired) electrons. The van der Waals surface area contributed by atoms with E-state index in [9.17, 15) is 9.90 Å². The molecule has 20 heavy (non-hydrogen) atoms. The normalized spacial score (nSPS) is 13.8. The monoisotopic (exact) mass is 280 g/mol. The van der Waals surface area contributed by atoms with Gasteiger partial charge < -0.3 is 20.9 Å². The first kappa shape index (κ1) is 16.5. The van der Waals surface area contributed by atoms with Crippen LogP contribution in [-0.2, 0) is 0 Å². The summed E-state index contributed by atoms with van der Waals surface area (Å²) >= 11 is 0. The van der Waals surface area contributed by atoms with Gasteiger partial charge in [0.05, 0.1) is 25.4 Å². The van der Waals surface area contributed by atoms with Gasteiger partial charge in [-0.2, -0.15) is 0 Å². The maximum Gasteiger partial charge on any atom is 0.179 e. The van der Waals surface area contributed by atoms with Crippen LogP contribution in [0.4, 0.5) is 5.69 Å². The summed E-state index contributed by atoms with van der Waals surface area (Å²) in [5, 5.41) is 12.4. The molecule has 5 heteroatoms. The third-order valence-electron chi connectivity index (χ3n) is 3.39. The summed E-state index contributed by atoms with van der Waals surface area (Å²) in [6.07, 6.45) is 1.42. The molecule has 0 fully saturated rings. The first-order chi connectivity index (χ1) is 9.57. The number of ether oxygens (including phenoxy) is 1. The van der Waals surface area contributed by atoms with Gasteiger partial charge in [0, 0.05) is 11.6 Å². The molecule has 0 saturated heterocycles. The van der Waals surface area contributed by atoms with Gasteiger partial charge in [-0.1, -0.05) is 13.8 Å². The molecule has 2 atom stereocenters. The number of aliphatic hydroxyl groups is 1. The summed E-state index contributed by atoms with van der Waals surface area (Å²) in [6, 6.07) is 4.64. The van der Waals surface area contributed by atoms with Crippen molar-refractivity contribution in [2.24, 2.45) is 0 Å². The number of nitrogen functional groups attached to an aromatic ring is 1. The van der Waals surface area contributed by atoms with E-state index in [0.717, 1.165) is 6.42 Å². The van der Waals surface area contributed by atoms with Crippen molar-refractivity contribution >= 4 is 11.5 Å². The lowest BCUT2D eigenvalue weighted by Crippen LogP contribution is -2.44. The molecule has 0 aromatic heterocycles. The van der Waals surface area contributed by atoms with E-state index in [0.29, 0.717) is 23.4 Å². The van der Waals surface area contributed by atoms with Crippen LogP contribution in [0.2, 0.25) is 0 Å². The van der Waals surface area contributed by atoms with Crippen LogP contribution >= 0.6 is 0 Å². The Kier molecular flexibility index (Phi) is 6.48. The maximum absolute atomic E-state index is 12.5. The van der Waals surface area contributed by atoms with Crippen molar-refractivity contribution in [2.75, 3.05) is 19.5 Å². The lowest BCUT2D eigenvalue weighted by molar-refractivity contribution is 0.0923. The number of benzene rings is 1. The molecule has 2 unspecified atom stereocenters. The number of methoxy groups -OCH3 is 1. The summed E-state index contributed by atoms with van der Waals surface area (Å²) in [7, 11) is 1.54. The fraction of sp³-hybridized carbons (Fsp3) is 0.533. The van der Waals surface area contributed by atoms with Crippen molar-refractivity contribution in [3.63, 3.8) is 0 Å². The number of hydrogen-bond acceptors (Lipinski definition) is 5. The van der Waals surface area contributed by atoms with Gasteiger partial charge in [0.1, 0.15) is 5.75 Å². The third kappa shape index (κ3) is 3.95. The van der Waals surface area contributed by atoms with Crippen molar-refractivity contribution in [2.45, 2.75) is 38.8 Å². The summed E-state index contributed by atoms with van der Waals surface area (Å²) < 4.78 is 5.08. The highest BCUT2D eigenvalue weighted by molar-refractivity contribution is 6.01. The Bertz CT molecular complexity index is 445. The highest BCUT2D eigenvalue weighted by atomic mass is 16.5. The second-order valence-corrected chi connectivity index (χ2v) is 4.74. The zero-order valence-electron chi connectivity index (χ0n) is 12.3. The molecule has 112 valence electrons. The Morgan fingerprint density at radius 1 is 1.40 bits per heavy atom. The largest absolute Gasteiger partial charge is 0.495 e. The molecule has 0 amide bonds. The van der Waals surface area contributed by atoms with Crippen molar-refractivity contribution in [3.05, 3.63) is 23.8 Å². The van der Waals surface area contributed by atoms with E-state index >= 15 is 0 Å². The van der Waals surface area contributed by atoms with Gasteiger partial charge in [0.2, 0.25) is 0 Å². The van der Waals surface area contributed by atoms with Crippen molar-refractivity contribution in [1.82, 2.24) is 5.32 Å². The molecule has 0 heterocycles. The quantitative estimate of drug-likeness (QED) is 0.497. The van der Waals surface area contributed by atoms with Gasteiger partial charge in [0.15, 0.2) is 5.78 Å². The SMILES string of the molecule is CCC(CO)NC(CC)C(=O)c1ccc(OC)c(N)c1. The van der Waals surface area contributed by atoms with Gasteiger partial charge in [0.25, 0.3) is 0 Å². The molecule has 4 N–H and O–H groups in total. The molecule has 1 rings (SSSR count). The van der Waals surface area contributed by atoms with Crippen LogP contribution in [0.25, 0.3) is 0 Å². The highest BCUT2D eigenvalue weighted by Gasteiger charge is 2.21. The number of Topliss-reactive ketones (excluding diaryl/α,β-unsaturated/α-hetero) is 1. The number of ketones is 1. The Morgan fingerprint density at radius 2 is 2.10 bits per heavy atom. The van der Waals surface area contributed by atoms with Crippen LogP contribution in [0.1, 0.15) is 37.0 Å². The van der Waals surface area contributed by atoms with Crippen LogP contribution in [-0.4, -0.2) is 36.7 Å². The minimum absolute atomic E-state index is 0.0189. The second kappa shape index (κ2) is 7.87. The van der Waals surface area contributed by atoms with Crippen molar-refractivity contribution in [3.8, 4) is 5.75 Å². The van der Waals surface area contributed by atoms with E-state index < -0.39 is 0 Å². The summed E-state index contributed by atoms with van der Waals surface area (Å²) in [5.74, 6) is 0.540. The Balaban J connectivity index is 2.88. The number of hydrogen-bond donors (Lipinski definition) is 3. The van der Waals surface area contributed by atoms with Crippen molar-refractivity contribution < 1.29 is 14.6 Å². The van der Waals surface area contributed by atoms with Crippen LogP contribution in [0.5, 0.6) is 5.75 Å². The number of carbonyl (C=O) groups is 1. The molecular weight excluding hydrogens is 256 g/mol. The van der Waals surface area contributed by atoms with Gasteiger partial charge in [-0.05, 0) is 31.0 Å². The Labute approximate surface area is 120 Å². The topological polar surface area (TPSA) is 84.6 Å². The molecule has 5 nitrogen and oxygen atoms in total. The molecule has 0 spiro atoms. The first-order valence-electron chi connectivity index (χ1n) is 6.91. The van der Waals surface area contributed by atoms with E-state index in [1.54, 1.807) is 18.2 Å². The number of carbonyl (C=O) groups excluding carboxylic acids is 1. The molecule has 1 aromatic carbocycles. The summed E-state index contributed by atoms with van der Waals surface area (Å²) in [5.41, 5.74) is 6.83. The Hall–Kier alpha value is -1.59. The molecule has 0 aliphatic rings. The van der Waals surface area contributed by atoms with Crippen LogP contribution in [0.3, 0.4) is 0 Å². The molecule has 0 aliphatic heterocycles. The average molecular weight is 280 g/mol. The van der Waals surface area contributed by atoms with Gasteiger partial charge in [-0.25, -0.2) is 0 Å². The zero-order valence-corrected chi connectivity index (χ0v) is 12.3. The van der Waals surface area contributed by atoms with Crippen LogP contribution in [0.15, 0.2) is 18.2 Å². The summed E-state index contributed by atoms with van der Waals surface area (Å²) in [6.45, 7) is 3.92. The maximum atomic E-state index is 12.5. The minimum atomic E-state index is -0.320. The second-order valence-electron chi connectivity index (χ2n) is 4.74. The molecular formula is C15H24N2O3. The fourth-order valence-electron chi connectivity index (χ4n) is 2.05. The minimum Gasteiger partial charge on any atom is -0.495 e. The molecule has 0 aliphatic carbocycles. The third-order valence-corrected chi connectivity index (χ3v) is 3.39. The predicted octanol–water partition coefficient (Wildman–Crippen LogP) is 1.60. The number of rotatable bonds is 8. The van der Waals surface area contributed by atoms with Gasteiger partial charge >= 0.3 is 0 Å². The first-order valence-corrected chi connectivity index (χ1v) is 6.91. The number of aliphatic hydroxyl groups excluding tert-OH is 1. The lowest BCUT2D eigenvalue weighted by atomic mass is 10.00. The lowest BCUT2D eigenvalue weighted by Gasteiger charge is -2.22.